The Kier molecular flexibility index (Phi) is 2.14. The van der Waals surface area contributed by atoms with E-state index in [1.165, 1.54) is 6.07 Å². The molecule has 5 heteroatoms. The molecule has 1 fully saturated rings. The van der Waals surface area contributed by atoms with Gasteiger partial charge in [-0.25, -0.2) is 4.39 Å². The van der Waals surface area contributed by atoms with E-state index in [0.29, 0.717) is 17.1 Å². The van der Waals surface area contributed by atoms with Crippen LogP contribution in [0.5, 0.6) is 17.2 Å². The molecule has 1 atom stereocenters. The van der Waals surface area contributed by atoms with E-state index in [1.807, 2.05) is 0 Å². The minimum Gasteiger partial charge on any atom is -0.505 e. The molecule has 0 radical (unpaired) electrons. The number of aromatic hydroxyl groups is 1. The highest BCUT2D eigenvalue weighted by atomic mass is 19.1. The van der Waals surface area contributed by atoms with Gasteiger partial charge in [-0.3, -0.25) is 0 Å². The van der Waals surface area contributed by atoms with Crippen LogP contribution in [0.2, 0.25) is 0 Å². The lowest BCUT2D eigenvalue weighted by atomic mass is 10.0. The van der Waals surface area contributed by atoms with E-state index in [9.17, 15) is 9.50 Å². The summed E-state index contributed by atoms with van der Waals surface area (Å²) in [5, 5.41) is 12.7. The molecule has 2 aliphatic heterocycles. The minimum atomic E-state index is -0.608. The lowest BCUT2D eigenvalue weighted by molar-refractivity contribution is 0.172. The van der Waals surface area contributed by atoms with Crippen LogP contribution in [-0.2, 0) is 0 Å². The number of benzene rings is 1. The molecule has 0 amide bonds. The molecule has 0 spiro atoms. The highest BCUT2D eigenvalue weighted by Gasteiger charge is 2.31. The Bertz CT molecular complexity index is 430. The van der Waals surface area contributed by atoms with E-state index in [0.717, 1.165) is 19.4 Å². The molecule has 2 N–H and O–H groups in total. The number of nitrogens with one attached hydrogen (secondary N) is 1. The van der Waals surface area contributed by atoms with Gasteiger partial charge in [-0.2, -0.15) is 0 Å². The molecular formula is C11H12FNO3. The number of fused-ring (bicyclic) bond motifs is 1. The number of hydrogen-bond donors (Lipinski definition) is 2. The molecule has 1 aromatic carbocycles. The van der Waals surface area contributed by atoms with Crippen molar-refractivity contribution < 1.29 is 19.0 Å². The second kappa shape index (κ2) is 3.52. The van der Waals surface area contributed by atoms with Gasteiger partial charge in [-0.15, -0.1) is 0 Å². The van der Waals surface area contributed by atoms with Crippen molar-refractivity contribution in [1.82, 2.24) is 5.32 Å². The molecule has 0 aliphatic carbocycles. The van der Waals surface area contributed by atoms with Gasteiger partial charge in [0.05, 0.1) is 5.56 Å². The Balaban J connectivity index is 2.14. The van der Waals surface area contributed by atoms with Crippen LogP contribution in [0.25, 0.3) is 0 Å². The van der Waals surface area contributed by atoms with E-state index in [2.05, 4.69) is 5.32 Å². The maximum atomic E-state index is 13.9. The van der Waals surface area contributed by atoms with Crippen molar-refractivity contribution in [3.8, 4) is 17.2 Å². The summed E-state index contributed by atoms with van der Waals surface area (Å²) in [5.41, 5.74) is 0.394. The van der Waals surface area contributed by atoms with Crippen molar-refractivity contribution in [3.05, 3.63) is 17.4 Å². The highest BCUT2D eigenvalue weighted by molar-refractivity contribution is 5.55. The van der Waals surface area contributed by atoms with E-state index >= 15 is 0 Å². The second-order valence-electron chi connectivity index (χ2n) is 4.01. The third kappa shape index (κ3) is 1.31. The zero-order chi connectivity index (χ0) is 11.1. The lowest BCUT2D eigenvalue weighted by Crippen LogP contribution is -2.15. The number of phenolic OH excluding ortho intramolecular Hbond substituents is 1. The Labute approximate surface area is 92.0 Å². The standard InChI is InChI=1S/C11H12FNO3/c12-10-7(14)4-8-11(16-5-15-8)9(10)6-2-1-3-13-6/h4,6,13-14H,1-3,5H2. The number of halogens is 1. The van der Waals surface area contributed by atoms with Crippen molar-refractivity contribution >= 4 is 0 Å². The van der Waals surface area contributed by atoms with Crippen LogP contribution in [-0.4, -0.2) is 18.4 Å². The summed E-state index contributed by atoms with van der Waals surface area (Å²) in [7, 11) is 0. The summed E-state index contributed by atoms with van der Waals surface area (Å²) in [6.45, 7) is 0.938. The second-order valence-corrected chi connectivity index (χ2v) is 4.01. The summed E-state index contributed by atoms with van der Waals surface area (Å²) < 4.78 is 24.3. The summed E-state index contributed by atoms with van der Waals surface area (Å²) in [6, 6.07) is 1.17. The van der Waals surface area contributed by atoms with E-state index in [1.54, 1.807) is 0 Å². The van der Waals surface area contributed by atoms with Crippen LogP contribution in [0.3, 0.4) is 0 Å². The summed E-state index contributed by atoms with van der Waals surface area (Å²) in [4.78, 5) is 0. The van der Waals surface area contributed by atoms with E-state index in [-0.39, 0.29) is 18.6 Å². The summed E-state index contributed by atoms with van der Waals surface area (Å²) in [6.07, 6.45) is 1.84. The molecule has 2 heterocycles. The fourth-order valence-electron chi connectivity index (χ4n) is 2.27. The molecule has 1 aromatic rings. The van der Waals surface area contributed by atoms with Crippen LogP contribution >= 0.6 is 0 Å². The van der Waals surface area contributed by atoms with Gasteiger partial charge >= 0.3 is 0 Å². The van der Waals surface area contributed by atoms with Crippen LogP contribution in [0.1, 0.15) is 24.4 Å². The first-order valence-corrected chi connectivity index (χ1v) is 5.31. The predicted molar refractivity (Wildman–Crippen MR) is 54.2 cm³/mol. The van der Waals surface area contributed by atoms with Gasteiger partial charge in [0.1, 0.15) is 0 Å². The van der Waals surface area contributed by atoms with Crippen molar-refractivity contribution in [3.63, 3.8) is 0 Å². The molecule has 2 aliphatic rings. The van der Waals surface area contributed by atoms with Gasteiger partial charge in [-0.1, -0.05) is 0 Å². The predicted octanol–water partition coefficient (Wildman–Crippen LogP) is 1.68. The molecule has 4 nitrogen and oxygen atoms in total. The molecular weight excluding hydrogens is 213 g/mol. The zero-order valence-corrected chi connectivity index (χ0v) is 8.62. The Morgan fingerprint density at radius 3 is 3.06 bits per heavy atom. The Hall–Kier alpha value is -1.49. The first-order valence-electron chi connectivity index (χ1n) is 5.31. The van der Waals surface area contributed by atoms with Crippen molar-refractivity contribution in [2.75, 3.05) is 13.3 Å². The average Bonchev–Trinajstić information content (AvgIpc) is 2.89. The Morgan fingerprint density at radius 1 is 1.44 bits per heavy atom. The van der Waals surface area contributed by atoms with Crippen molar-refractivity contribution in [2.45, 2.75) is 18.9 Å². The van der Waals surface area contributed by atoms with Gasteiger partial charge in [0.2, 0.25) is 6.79 Å². The fourth-order valence-corrected chi connectivity index (χ4v) is 2.27. The van der Waals surface area contributed by atoms with E-state index in [4.69, 9.17) is 9.47 Å². The zero-order valence-electron chi connectivity index (χ0n) is 8.62. The maximum absolute atomic E-state index is 13.9. The molecule has 1 unspecified atom stereocenters. The minimum absolute atomic E-state index is 0.0813. The van der Waals surface area contributed by atoms with Crippen molar-refractivity contribution in [2.24, 2.45) is 0 Å². The number of ether oxygens (including phenoxy) is 2. The molecule has 0 saturated carbocycles. The average molecular weight is 225 g/mol. The molecule has 1 saturated heterocycles. The smallest absolute Gasteiger partial charge is 0.231 e. The largest absolute Gasteiger partial charge is 0.505 e. The molecule has 16 heavy (non-hydrogen) atoms. The van der Waals surface area contributed by atoms with Crippen LogP contribution in [0.15, 0.2) is 6.07 Å². The fraction of sp³-hybridized carbons (Fsp3) is 0.455. The Morgan fingerprint density at radius 2 is 2.31 bits per heavy atom. The first-order chi connectivity index (χ1) is 7.77. The lowest BCUT2D eigenvalue weighted by Gasteiger charge is -2.15. The van der Waals surface area contributed by atoms with Gasteiger partial charge in [0, 0.05) is 12.1 Å². The third-order valence-corrected chi connectivity index (χ3v) is 3.02. The summed E-state index contributed by atoms with van der Waals surface area (Å²) >= 11 is 0. The number of hydrogen-bond acceptors (Lipinski definition) is 4. The van der Waals surface area contributed by atoms with Crippen LogP contribution < -0.4 is 14.8 Å². The number of phenols is 1. The molecule has 0 aromatic heterocycles. The topological polar surface area (TPSA) is 50.7 Å². The van der Waals surface area contributed by atoms with Crippen LogP contribution in [0.4, 0.5) is 4.39 Å². The van der Waals surface area contributed by atoms with E-state index < -0.39 is 5.82 Å². The first kappa shape index (κ1) is 9.72. The molecule has 86 valence electrons. The van der Waals surface area contributed by atoms with Gasteiger partial charge in [0.25, 0.3) is 0 Å². The normalized spacial score (nSPS) is 22.7. The highest BCUT2D eigenvalue weighted by Crippen LogP contribution is 2.45. The third-order valence-electron chi connectivity index (χ3n) is 3.02. The molecule has 3 rings (SSSR count). The number of rotatable bonds is 1. The quantitative estimate of drug-likeness (QED) is 0.763. The summed E-state index contributed by atoms with van der Waals surface area (Å²) in [5.74, 6) is -0.145. The van der Waals surface area contributed by atoms with Gasteiger partial charge < -0.3 is 19.9 Å². The van der Waals surface area contributed by atoms with Crippen LogP contribution in [0, 0.1) is 5.82 Å². The maximum Gasteiger partial charge on any atom is 0.231 e. The SMILES string of the molecule is Oc1cc2c(c(C3CCCN3)c1F)OCO2. The molecule has 0 bridgehead atoms. The monoisotopic (exact) mass is 225 g/mol. The van der Waals surface area contributed by atoms with Crippen molar-refractivity contribution in [1.29, 1.82) is 0 Å². The van der Waals surface area contributed by atoms with Gasteiger partial charge in [0.15, 0.2) is 23.1 Å². The van der Waals surface area contributed by atoms with Gasteiger partial charge in [-0.05, 0) is 19.4 Å².